The number of hydrogen-bond donors (Lipinski definition) is 0. The third-order valence-electron chi connectivity index (χ3n) is 2.93. The zero-order valence-electron chi connectivity index (χ0n) is 10.6. The van der Waals surface area contributed by atoms with Crippen LogP contribution in [-0.4, -0.2) is 5.51 Å². The van der Waals surface area contributed by atoms with Gasteiger partial charge in [0.15, 0.2) is 0 Å². The summed E-state index contributed by atoms with van der Waals surface area (Å²) < 4.78 is 40.9. The van der Waals surface area contributed by atoms with E-state index in [1.807, 2.05) is 0 Å². The van der Waals surface area contributed by atoms with Gasteiger partial charge in [0.1, 0.15) is 0 Å². The molecule has 0 spiro atoms. The maximum atomic E-state index is 13.6. The molecule has 0 radical (unpaired) electrons. The molecular weight excluding hydrogens is 361 g/mol. The van der Waals surface area contributed by atoms with Gasteiger partial charge < -0.3 is 0 Å². The van der Waals surface area contributed by atoms with Crippen molar-refractivity contribution >= 4 is 41.0 Å². The molecule has 19 heavy (non-hydrogen) atoms. The fraction of sp³-hybridized carbons (Fsp3) is 0.385. The van der Waals surface area contributed by atoms with Gasteiger partial charge in [0.05, 0.1) is 0 Å². The van der Waals surface area contributed by atoms with E-state index < -0.39 is 19.4 Å². The second-order valence-corrected chi connectivity index (χ2v) is 11.2. The third kappa shape index (κ3) is 2.34. The van der Waals surface area contributed by atoms with Crippen molar-refractivity contribution in [2.24, 2.45) is 5.41 Å². The average Bonchev–Trinajstić information content (AvgIpc) is 2.52. The van der Waals surface area contributed by atoms with Crippen LogP contribution < -0.4 is 0 Å². The first-order valence-corrected chi connectivity index (χ1v) is 9.44. The van der Waals surface area contributed by atoms with Gasteiger partial charge in [-0.05, 0) is 57.4 Å². The maximum Gasteiger partial charge on any atom is 0.442 e. The maximum absolute atomic E-state index is 13.6. The van der Waals surface area contributed by atoms with Crippen molar-refractivity contribution < 1.29 is 13.2 Å². The average molecular weight is 374 g/mol. The molecular formula is C13H13BrClF3S. The van der Waals surface area contributed by atoms with Crippen LogP contribution in [0.5, 0.6) is 0 Å². The molecule has 0 saturated heterocycles. The standard InChI is InChI=1S/C13H13BrClF3S/c1-12(2,3)11-6-8-4-5-9(15)7-10(8)19(11,14)13(16,17)18/h4-7H,1-3H3. The number of rotatable bonds is 0. The van der Waals surface area contributed by atoms with E-state index in [1.165, 1.54) is 6.07 Å². The molecule has 2 rings (SSSR count). The molecule has 1 aromatic carbocycles. The van der Waals surface area contributed by atoms with Crippen LogP contribution >= 0.6 is 34.9 Å². The Morgan fingerprint density at radius 2 is 1.74 bits per heavy atom. The molecule has 0 N–H and O–H groups in total. The monoisotopic (exact) mass is 372 g/mol. The molecule has 0 aromatic heterocycles. The van der Waals surface area contributed by atoms with Crippen LogP contribution in [0, 0.1) is 5.41 Å². The fourth-order valence-corrected chi connectivity index (χ4v) is 7.52. The molecule has 0 bridgehead atoms. The summed E-state index contributed by atoms with van der Waals surface area (Å²) in [5, 5.41) is 0.322. The van der Waals surface area contributed by atoms with Crippen LogP contribution in [0.25, 0.3) is 6.08 Å². The molecule has 1 unspecified atom stereocenters. The quantitative estimate of drug-likeness (QED) is 0.473. The Labute approximate surface area is 124 Å². The molecule has 0 nitrogen and oxygen atoms in total. The van der Waals surface area contributed by atoms with Gasteiger partial charge in [0.2, 0.25) is 0 Å². The number of allylic oxidation sites excluding steroid dienone is 1. The molecule has 1 aromatic rings. The lowest BCUT2D eigenvalue weighted by molar-refractivity contribution is -0.0358. The summed E-state index contributed by atoms with van der Waals surface area (Å²) in [6.45, 7) is 5.38. The molecule has 0 amide bonds. The van der Waals surface area contributed by atoms with Gasteiger partial charge in [-0.2, -0.15) is 13.2 Å². The van der Waals surface area contributed by atoms with Gasteiger partial charge in [-0.25, -0.2) is 0 Å². The Morgan fingerprint density at radius 1 is 1.16 bits per heavy atom. The van der Waals surface area contributed by atoms with Crippen molar-refractivity contribution in [3.8, 4) is 0 Å². The molecule has 1 aliphatic rings. The van der Waals surface area contributed by atoms with Gasteiger partial charge in [-0.3, -0.25) is 0 Å². The SMILES string of the molecule is CC(C)(C)C1=Cc2ccc(Cl)cc2S1(Br)C(F)(F)F. The minimum absolute atomic E-state index is 0.248. The largest absolute Gasteiger partial charge is 0.442 e. The van der Waals surface area contributed by atoms with E-state index in [-0.39, 0.29) is 4.90 Å². The summed E-state index contributed by atoms with van der Waals surface area (Å²) in [5.74, 6) is 0. The summed E-state index contributed by atoms with van der Waals surface area (Å²) in [4.78, 5) is 0.627. The van der Waals surface area contributed by atoms with E-state index in [1.54, 1.807) is 39.0 Å². The zero-order valence-corrected chi connectivity index (χ0v) is 13.8. The highest BCUT2D eigenvalue weighted by Crippen LogP contribution is 2.83. The molecule has 6 heteroatoms. The lowest BCUT2D eigenvalue weighted by Gasteiger charge is -2.40. The van der Waals surface area contributed by atoms with E-state index in [9.17, 15) is 13.2 Å². The van der Waals surface area contributed by atoms with E-state index in [0.29, 0.717) is 15.5 Å². The van der Waals surface area contributed by atoms with Crippen LogP contribution in [0.4, 0.5) is 13.2 Å². The Bertz CT molecular complexity index is 560. The minimum atomic E-state index is -4.35. The molecule has 0 fully saturated rings. The first-order chi connectivity index (χ1) is 8.48. The smallest absolute Gasteiger partial charge is 0.160 e. The van der Waals surface area contributed by atoms with E-state index in [4.69, 9.17) is 11.6 Å². The van der Waals surface area contributed by atoms with E-state index in [0.717, 1.165) is 0 Å². The second-order valence-electron chi connectivity index (χ2n) is 5.42. The molecule has 0 saturated carbocycles. The number of fused-ring (bicyclic) bond motifs is 1. The van der Waals surface area contributed by atoms with Crippen molar-refractivity contribution in [2.45, 2.75) is 31.2 Å². The summed E-state index contributed by atoms with van der Waals surface area (Å²) in [6.07, 6.45) is 1.64. The summed E-state index contributed by atoms with van der Waals surface area (Å²) >= 11 is 8.90. The topological polar surface area (TPSA) is 0 Å². The first kappa shape index (κ1) is 15.3. The summed E-state index contributed by atoms with van der Waals surface area (Å²) in [5.41, 5.74) is -4.32. The van der Waals surface area contributed by atoms with Gasteiger partial charge >= 0.3 is 5.51 Å². The lowest BCUT2D eigenvalue weighted by Crippen LogP contribution is -2.22. The number of hydrogen-bond acceptors (Lipinski definition) is 0. The predicted molar refractivity (Wildman–Crippen MR) is 79.7 cm³/mol. The van der Waals surface area contributed by atoms with Crippen LogP contribution in [0.3, 0.4) is 0 Å². The highest BCUT2D eigenvalue weighted by Gasteiger charge is 2.57. The summed E-state index contributed by atoms with van der Waals surface area (Å²) in [6, 6.07) is 4.68. The van der Waals surface area contributed by atoms with Gasteiger partial charge in [-0.15, -0.1) is 0 Å². The van der Waals surface area contributed by atoms with E-state index >= 15 is 0 Å². The fourth-order valence-electron chi connectivity index (χ4n) is 2.10. The Hall–Kier alpha value is -0.130. The first-order valence-electron chi connectivity index (χ1n) is 5.59. The van der Waals surface area contributed by atoms with Crippen LogP contribution in [-0.2, 0) is 0 Å². The van der Waals surface area contributed by atoms with Crippen molar-refractivity contribution in [3.63, 3.8) is 0 Å². The van der Waals surface area contributed by atoms with Gasteiger partial charge in [-0.1, -0.05) is 38.4 Å². The minimum Gasteiger partial charge on any atom is -0.160 e. The van der Waals surface area contributed by atoms with Crippen molar-refractivity contribution in [1.29, 1.82) is 0 Å². The Kier molecular flexibility index (Phi) is 3.56. The highest BCUT2D eigenvalue weighted by atomic mass is 79.9. The number of alkyl halides is 3. The van der Waals surface area contributed by atoms with Crippen molar-refractivity contribution in [3.05, 3.63) is 33.7 Å². The second kappa shape index (κ2) is 4.43. The predicted octanol–water partition coefficient (Wildman–Crippen LogP) is 6.73. The normalized spacial score (nSPS) is 26.6. The lowest BCUT2D eigenvalue weighted by atomic mass is 9.95. The number of benzene rings is 1. The van der Waals surface area contributed by atoms with Crippen LogP contribution in [0.1, 0.15) is 26.3 Å². The van der Waals surface area contributed by atoms with E-state index in [2.05, 4.69) is 14.8 Å². The highest BCUT2D eigenvalue weighted by molar-refractivity contribution is 9.59. The molecule has 1 heterocycles. The molecule has 0 aliphatic carbocycles. The van der Waals surface area contributed by atoms with Gasteiger partial charge in [0.25, 0.3) is 0 Å². The third-order valence-corrected chi connectivity index (χ3v) is 9.29. The molecule has 106 valence electrons. The van der Waals surface area contributed by atoms with Crippen LogP contribution in [0.2, 0.25) is 5.02 Å². The molecule has 1 atom stereocenters. The summed E-state index contributed by atoms with van der Waals surface area (Å²) in [7, 11) is -3.21. The zero-order chi connectivity index (χ0) is 14.6. The Balaban J connectivity index is 2.75. The Morgan fingerprint density at radius 3 is 2.21 bits per heavy atom. The van der Waals surface area contributed by atoms with Crippen molar-refractivity contribution in [2.75, 3.05) is 0 Å². The molecule has 1 aliphatic heterocycles. The number of halogens is 5. The van der Waals surface area contributed by atoms with Crippen LogP contribution in [0.15, 0.2) is 28.0 Å². The van der Waals surface area contributed by atoms with Gasteiger partial charge in [0, 0.05) is 9.92 Å². The van der Waals surface area contributed by atoms with Crippen molar-refractivity contribution in [1.82, 2.24) is 0 Å².